The zero-order valence-electron chi connectivity index (χ0n) is 11.6. The molecule has 0 atom stereocenters. The predicted molar refractivity (Wildman–Crippen MR) is 83.2 cm³/mol. The van der Waals surface area contributed by atoms with E-state index < -0.39 is 0 Å². The molecule has 0 saturated carbocycles. The summed E-state index contributed by atoms with van der Waals surface area (Å²) in [6.45, 7) is 0.706. The lowest BCUT2D eigenvalue weighted by Crippen LogP contribution is -2.22. The van der Waals surface area contributed by atoms with Crippen molar-refractivity contribution < 1.29 is 4.79 Å². The van der Waals surface area contributed by atoms with Crippen molar-refractivity contribution in [2.24, 2.45) is 0 Å². The van der Waals surface area contributed by atoms with Crippen LogP contribution in [0.2, 0.25) is 5.02 Å². The molecule has 0 aromatic heterocycles. The normalized spacial score (nSPS) is 10.2. The number of carbonyl (C=O) groups is 1. The van der Waals surface area contributed by atoms with Crippen LogP contribution in [-0.4, -0.2) is 24.9 Å². The van der Waals surface area contributed by atoms with Gasteiger partial charge in [0.2, 0.25) is 0 Å². The number of halogens is 1. The first-order valence-corrected chi connectivity index (χ1v) is 6.74. The molecule has 2 rings (SSSR count). The Balaban J connectivity index is 2.13. The zero-order valence-corrected chi connectivity index (χ0v) is 12.3. The Morgan fingerprint density at radius 3 is 2.50 bits per heavy atom. The average Bonchev–Trinajstić information content (AvgIpc) is 2.46. The second-order valence-corrected chi connectivity index (χ2v) is 5.14. The van der Waals surface area contributed by atoms with E-state index in [1.807, 2.05) is 24.3 Å². The van der Waals surface area contributed by atoms with Gasteiger partial charge in [-0.1, -0.05) is 41.9 Å². The van der Waals surface area contributed by atoms with E-state index in [1.165, 1.54) is 10.5 Å². The van der Waals surface area contributed by atoms with E-state index in [9.17, 15) is 4.79 Å². The molecule has 20 heavy (non-hydrogen) atoms. The van der Waals surface area contributed by atoms with Gasteiger partial charge in [0.05, 0.1) is 10.6 Å². The minimum Gasteiger partial charge on any atom is -0.381 e. The van der Waals surface area contributed by atoms with Crippen LogP contribution in [0.25, 0.3) is 0 Å². The van der Waals surface area contributed by atoms with Gasteiger partial charge in [0.1, 0.15) is 0 Å². The molecule has 0 radical (unpaired) electrons. The van der Waals surface area contributed by atoms with Crippen LogP contribution in [0.1, 0.15) is 15.9 Å². The Morgan fingerprint density at radius 1 is 1.15 bits per heavy atom. The number of anilines is 1. The molecule has 0 heterocycles. The SMILES string of the molecule is CN(C)C(=O)c1cc(NCc2ccccc2)ccc1Cl. The lowest BCUT2D eigenvalue weighted by Gasteiger charge is -2.13. The van der Waals surface area contributed by atoms with E-state index in [0.29, 0.717) is 17.1 Å². The third-order valence-corrected chi connectivity index (χ3v) is 3.27. The van der Waals surface area contributed by atoms with Crippen LogP contribution in [0.4, 0.5) is 5.69 Å². The van der Waals surface area contributed by atoms with Gasteiger partial charge in [-0.05, 0) is 23.8 Å². The second kappa shape index (κ2) is 6.44. The van der Waals surface area contributed by atoms with Crippen molar-refractivity contribution in [2.45, 2.75) is 6.54 Å². The first-order valence-electron chi connectivity index (χ1n) is 6.37. The summed E-state index contributed by atoms with van der Waals surface area (Å²) in [6.07, 6.45) is 0. The van der Waals surface area contributed by atoms with Crippen LogP contribution in [-0.2, 0) is 6.54 Å². The molecular weight excluding hydrogens is 272 g/mol. The van der Waals surface area contributed by atoms with Crippen LogP contribution in [0, 0.1) is 0 Å². The molecule has 1 amide bonds. The fourth-order valence-corrected chi connectivity index (χ4v) is 2.04. The smallest absolute Gasteiger partial charge is 0.254 e. The molecule has 0 aliphatic rings. The van der Waals surface area contributed by atoms with Gasteiger partial charge in [-0.3, -0.25) is 4.79 Å². The standard InChI is InChI=1S/C16H17ClN2O/c1-19(2)16(20)14-10-13(8-9-15(14)17)18-11-12-6-4-3-5-7-12/h3-10,18H,11H2,1-2H3. The van der Waals surface area contributed by atoms with Gasteiger partial charge in [-0.2, -0.15) is 0 Å². The molecule has 0 fully saturated rings. The molecule has 104 valence electrons. The van der Waals surface area contributed by atoms with Crippen LogP contribution < -0.4 is 5.32 Å². The van der Waals surface area contributed by atoms with Gasteiger partial charge in [0.25, 0.3) is 5.91 Å². The quantitative estimate of drug-likeness (QED) is 0.931. The van der Waals surface area contributed by atoms with Gasteiger partial charge in [0, 0.05) is 26.3 Å². The summed E-state index contributed by atoms with van der Waals surface area (Å²) in [5, 5.41) is 3.76. The summed E-state index contributed by atoms with van der Waals surface area (Å²) in [7, 11) is 3.42. The summed E-state index contributed by atoms with van der Waals surface area (Å²) >= 11 is 6.08. The van der Waals surface area contributed by atoms with E-state index >= 15 is 0 Å². The molecule has 2 aromatic carbocycles. The van der Waals surface area contributed by atoms with Crippen LogP contribution >= 0.6 is 11.6 Å². The minimum absolute atomic E-state index is 0.0987. The van der Waals surface area contributed by atoms with Crippen molar-refractivity contribution in [3.63, 3.8) is 0 Å². The van der Waals surface area contributed by atoms with Crippen molar-refractivity contribution in [2.75, 3.05) is 19.4 Å². The molecule has 0 aliphatic heterocycles. The fraction of sp³-hybridized carbons (Fsp3) is 0.188. The van der Waals surface area contributed by atoms with Gasteiger partial charge >= 0.3 is 0 Å². The van der Waals surface area contributed by atoms with Gasteiger partial charge in [-0.25, -0.2) is 0 Å². The highest BCUT2D eigenvalue weighted by Crippen LogP contribution is 2.22. The summed E-state index contributed by atoms with van der Waals surface area (Å²) in [6, 6.07) is 15.5. The van der Waals surface area contributed by atoms with Crippen molar-refractivity contribution in [1.29, 1.82) is 0 Å². The van der Waals surface area contributed by atoms with Gasteiger partial charge in [-0.15, -0.1) is 0 Å². The van der Waals surface area contributed by atoms with Crippen LogP contribution in [0.15, 0.2) is 48.5 Å². The van der Waals surface area contributed by atoms with Crippen LogP contribution in [0.3, 0.4) is 0 Å². The van der Waals surface area contributed by atoms with Crippen molar-refractivity contribution >= 4 is 23.2 Å². The highest BCUT2D eigenvalue weighted by molar-refractivity contribution is 6.34. The van der Waals surface area contributed by atoms with Crippen molar-refractivity contribution in [3.8, 4) is 0 Å². The molecular formula is C16H17ClN2O. The highest BCUT2D eigenvalue weighted by Gasteiger charge is 2.12. The number of nitrogens with one attached hydrogen (secondary N) is 1. The summed E-state index contributed by atoms with van der Waals surface area (Å²) in [5.74, 6) is -0.0987. The summed E-state index contributed by atoms with van der Waals surface area (Å²) in [4.78, 5) is 13.5. The maximum absolute atomic E-state index is 12.0. The number of amides is 1. The summed E-state index contributed by atoms with van der Waals surface area (Å²) in [5.41, 5.74) is 2.57. The molecule has 0 aliphatic carbocycles. The van der Waals surface area contributed by atoms with Crippen molar-refractivity contribution in [3.05, 3.63) is 64.7 Å². The van der Waals surface area contributed by atoms with Gasteiger partial charge in [0.15, 0.2) is 0 Å². The third kappa shape index (κ3) is 3.52. The Kier molecular flexibility index (Phi) is 4.64. The van der Waals surface area contributed by atoms with Crippen LogP contribution in [0.5, 0.6) is 0 Å². The molecule has 0 unspecified atom stereocenters. The molecule has 1 N–H and O–H groups in total. The van der Waals surface area contributed by atoms with Crippen molar-refractivity contribution in [1.82, 2.24) is 4.90 Å². The fourth-order valence-electron chi connectivity index (χ4n) is 1.84. The minimum atomic E-state index is -0.0987. The molecule has 2 aromatic rings. The maximum atomic E-state index is 12.0. The summed E-state index contributed by atoms with van der Waals surface area (Å²) < 4.78 is 0. The van der Waals surface area contributed by atoms with Gasteiger partial charge < -0.3 is 10.2 Å². The lowest BCUT2D eigenvalue weighted by molar-refractivity contribution is 0.0828. The zero-order chi connectivity index (χ0) is 14.5. The topological polar surface area (TPSA) is 32.3 Å². The number of carbonyl (C=O) groups excluding carboxylic acids is 1. The Labute approximate surface area is 124 Å². The lowest BCUT2D eigenvalue weighted by atomic mass is 10.1. The third-order valence-electron chi connectivity index (χ3n) is 2.94. The Morgan fingerprint density at radius 2 is 1.85 bits per heavy atom. The number of nitrogens with zero attached hydrogens (tertiary/aromatic N) is 1. The second-order valence-electron chi connectivity index (χ2n) is 4.73. The predicted octanol–water partition coefficient (Wildman–Crippen LogP) is 3.65. The average molecular weight is 289 g/mol. The molecule has 3 nitrogen and oxygen atoms in total. The van der Waals surface area contributed by atoms with E-state index in [4.69, 9.17) is 11.6 Å². The van der Waals surface area contributed by atoms with E-state index in [-0.39, 0.29) is 5.91 Å². The highest BCUT2D eigenvalue weighted by atomic mass is 35.5. The number of rotatable bonds is 4. The van der Waals surface area contributed by atoms with E-state index in [1.54, 1.807) is 26.2 Å². The van der Waals surface area contributed by atoms with E-state index in [0.717, 1.165) is 5.69 Å². The Bertz CT molecular complexity index is 597. The monoisotopic (exact) mass is 288 g/mol. The first-order chi connectivity index (χ1) is 9.58. The number of hydrogen-bond acceptors (Lipinski definition) is 2. The molecule has 0 bridgehead atoms. The first kappa shape index (κ1) is 14.4. The molecule has 4 heteroatoms. The molecule has 0 spiro atoms. The Hall–Kier alpha value is -2.00. The number of benzene rings is 2. The number of hydrogen-bond donors (Lipinski definition) is 1. The molecule has 0 saturated heterocycles. The maximum Gasteiger partial charge on any atom is 0.254 e. The van der Waals surface area contributed by atoms with E-state index in [2.05, 4.69) is 17.4 Å². The largest absolute Gasteiger partial charge is 0.381 e.